The van der Waals surface area contributed by atoms with Gasteiger partial charge in [-0.25, -0.2) is 4.79 Å². The predicted molar refractivity (Wildman–Crippen MR) is 177 cm³/mol. The lowest BCUT2D eigenvalue weighted by Gasteiger charge is -2.37. The Balaban J connectivity index is 1.48. The van der Waals surface area contributed by atoms with E-state index >= 15 is 0 Å². The van der Waals surface area contributed by atoms with E-state index in [1.54, 1.807) is 12.1 Å². The van der Waals surface area contributed by atoms with Gasteiger partial charge in [0.05, 0.1) is 25.4 Å². The summed E-state index contributed by atoms with van der Waals surface area (Å²) in [6.07, 6.45) is -0.595. The molecule has 0 unspecified atom stereocenters. The van der Waals surface area contributed by atoms with Gasteiger partial charge in [0.15, 0.2) is 0 Å². The predicted octanol–water partition coefficient (Wildman–Crippen LogP) is 7.14. The standard InChI is InChI=1S/C40H38O6/c1-44-38(42)35-25-15-14-18-31(35)26-27-37(41)36(39(43)45-28-30-16-6-2-7-17-30)29-46-40(32-19-8-3-9-20-32,33-21-10-4-11-22-33)34-23-12-5-13-24-34/h2-25,36-37,41H,26-29H2,1H3/t36-,37-/m0/s1. The second kappa shape index (κ2) is 15.8. The van der Waals surface area contributed by atoms with Crippen molar-refractivity contribution < 1.29 is 28.9 Å². The van der Waals surface area contributed by atoms with Crippen LogP contribution in [0.5, 0.6) is 0 Å². The quantitative estimate of drug-likeness (QED) is 0.106. The summed E-state index contributed by atoms with van der Waals surface area (Å²) in [5.41, 5.74) is 3.54. The molecule has 5 aromatic carbocycles. The summed E-state index contributed by atoms with van der Waals surface area (Å²) >= 11 is 0. The smallest absolute Gasteiger partial charge is 0.338 e. The molecule has 0 spiro atoms. The second-order valence-electron chi connectivity index (χ2n) is 11.0. The van der Waals surface area contributed by atoms with Gasteiger partial charge in [0, 0.05) is 0 Å². The van der Waals surface area contributed by atoms with E-state index in [9.17, 15) is 14.7 Å². The van der Waals surface area contributed by atoms with Crippen molar-refractivity contribution in [1.82, 2.24) is 0 Å². The lowest BCUT2D eigenvalue weighted by atomic mass is 9.80. The SMILES string of the molecule is COC(=O)c1ccccc1CC[C@H](O)[C@H](COC(c1ccccc1)(c1ccccc1)c1ccccc1)C(=O)OCc1ccccc1. The molecule has 0 aliphatic rings. The summed E-state index contributed by atoms with van der Waals surface area (Å²) in [5.74, 6) is -2.05. The van der Waals surface area contributed by atoms with Gasteiger partial charge in [-0.05, 0) is 46.7 Å². The molecule has 6 nitrogen and oxygen atoms in total. The number of rotatable bonds is 14. The average molecular weight is 615 g/mol. The number of carbonyl (C=O) groups is 2. The van der Waals surface area contributed by atoms with Crippen molar-refractivity contribution in [3.63, 3.8) is 0 Å². The molecule has 0 amide bonds. The van der Waals surface area contributed by atoms with Gasteiger partial charge in [0.2, 0.25) is 0 Å². The Morgan fingerprint density at radius 3 is 1.67 bits per heavy atom. The van der Waals surface area contributed by atoms with Crippen molar-refractivity contribution in [2.24, 2.45) is 5.92 Å². The van der Waals surface area contributed by atoms with Crippen LogP contribution in [0.25, 0.3) is 0 Å². The maximum Gasteiger partial charge on any atom is 0.338 e. The van der Waals surface area contributed by atoms with Crippen molar-refractivity contribution in [2.45, 2.75) is 31.2 Å². The summed E-state index contributed by atoms with van der Waals surface area (Å²) in [7, 11) is 1.34. The molecule has 6 heteroatoms. The third-order valence-electron chi connectivity index (χ3n) is 8.14. The van der Waals surface area contributed by atoms with Crippen molar-refractivity contribution in [3.05, 3.63) is 179 Å². The molecular weight excluding hydrogens is 576 g/mol. The zero-order chi connectivity index (χ0) is 32.2. The molecule has 1 N–H and O–H groups in total. The van der Waals surface area contributed by atoms with Crippen LogP contribution in [-0.4, -0.2) is 36.9 Å². The first kappa shape index (κ1) is 32.4. The fourth-order valence-corrected chi connectivity index (χ4v) is 5.71. The number of ether oxygens (including phenoxy) is 3. The molecule has 0 saturated heterocycles. The molecule has 0 aliphatic carbocycles. The maximum atomic E-state index is 13.8. The van der Waals surface area contributed by atoms with Gasteiger partial charge in [-0.1, -0.05) is 140 Å². The Labute approximate surface area is 270 Å². The van der Waals surface area contributed by atoms with E-state index in [1.165, 1.54) is 7.11 Å². The van der Waals surface area contributed by atoms with E-state index in [0.717, 1.165) is 27.8 Å². The van der Waals surface area contributed by atoms with E-state index in [1.807, 2.05) is 133 Å². The van der Waals surface area contributed by atoms with Crippen molar-refractivity contribution in [3.8, 4) is 0 Å². The molecule has 0 saturated carbocycles. The summed E-state index contributed by atoms with van der Waals surface area (Å²) in [5, 5.41) is 11.6. The van der Waals surface area contributed by atoms with Gasteiger partial charge in [-0.3, -0.25) is 4.79 Å². The Morgan fingerprint density at radius 1 is 0.674 bits per heavy atom. The zero-order valence-electron chi connectivity index (χ0n) is 25.8. The minimum absolute atomic E-state index is 0.0647. The molecule has 234 valence electrons. The number of hydrogen-bond acceptors (Lipinski definition) is 6. The van der Waals surface area contributed by atoms with Crippen LogP contribution >= 0.6 is 0 Å². The highest BCUT2D eigenvalue weighted by Gasteiger charge is 2.40. The molecule has 0 heterocycles. The Bertz CT molecular complexity index is 1580. The molecule has 0 aromatic heterocycles. The van der Waals surface area contributed by atoms with E-state index in [0.29, 0.717) is 12.0 Å². The first-order valence-electron chi connectivity index (χ1n) is 15.4. The van der Waals surface area contributed by atoms with Crippen molar-refractivity contribution in [1.29, 1.82) is 0 Å². The van der Waals surface area contributed by atoms with Gasteiger partial charge >= 0.3 is 11.9 Å². The molecule has 0 radical (unpaired) electrons. The van der Waals surface area contributed by atoms with Gasteiger partial charge in [0.1, 0.15) is 18.1 Å². The van der Waals surface area contributed by atoms with E-state index in [4.69, 9.17) is 14.2 Å². The van der Waals surface area contributed by atoms with Crippen LogP contribution in [-0.2, 0) is 37.6 Å². The fraction of sp³-hybridized carbons (Fsp3) is 0.200. The van der Waals surface area contributed by atoms with Crippen LogP contribution in [0.2, 0.25) is 0 Å². The third kappa shape index (κ3) is 7.60. The van der Waals surface area contributed by atoms with Crippen LogP contribution in [0, 0.1) is 5.92 Å². The molecule has 0 fully saturated rings. The van der Waals surface area contributed by atoms with Crippen LogP contribution in [0.15, 0.2) is 146 Å². The number of aryl methyl sites for hydroxylation is 1. The third-order valence-corrected chi connectivity index (χ3v) is 8.14. The largest absolute Gasteiger partial charge is 0.465 e. The monoisotopic (exact) mass is 614 g/mol. The number of hydrogen-bond donors (Lipinski definition) is 1. The van der Waals surface area contributed by atoms with Crippen molar-refractivity contribution >= 4 is 11.9 Å². The van der Waals surface area contributed by atoms with Gasteiger partial charge in [-0.15, -0.1) is 0 Å². The lowest BCUT2D eigenvalue weighted by Crippen LogP contribution is -2.40. The van der Waals surface area contributed by atoms with Crippen molar-refractivity contribution in [2.75, 3.05) is 13.7 Å². The first-order chi connectivity index (χ1) is 22.5. The lowest BCUT2D eigenvalue weighted by molar-refractivity contribution is -0.159. The minimum atomic E-state index is -1.13. The number of aliphatic hydroxyl groups is 1. The summed E-state index contributed by atoms with van der Waals surface area (Å²) in [6, 6.07) is 46.1. The maximum absolute atomic E-state index is 13.8. The number of aliphatic hydroxyl groups excluding tert-OH is 1. The molecular formula is C40H38O6. The molecule has 0 bridgehead atoms. The van der Waals surface area contributed by atoms with E-state index < -0.39 is 29.6 Å². The summed E-state index contributed by atoms with van der Waals surface area (Å²) in [6.45, 7) is -0.0681. The number of carbonyl (C=O) groups excluding carboxylic acids is 2. The number of benzene rings is 5. The molecule has 2 atom stereocenters. The number of esters is 2. The van der Waals surface area contributed by atoms with Crippen LogP contribution in [0.1, 0.15) is 44.6 Å². The molecule has 46 heavy (non-hydrogen) atoms. The zero-order valence-corrected chi connectivity index (χ0v) is 25.8. The Morgan fingerprint density at radius 2 is 1.15 bits per heavy atom. The van der Waals surface area contributed by atoms with E-state index in [2.05, 4.69) is 0 Å². The summed E-state index contributed by atoms with van der Waals surface area (Å²) in [4.78, 5) is 26.2. The highest BCUT2D eigenvalue weighted by atomic mass is 16.5. The minimum Gasteiger partial charge on any atom is -0.465 e. The average Bonchev–Trinajstić information content (AvgIpc) is 3.13. The van der Waals surface area contributed by atoms with Crippen LogP contribution < -0.4 is 0 Å². The van der Waals surface area contributed by atoms with Crippen LogP contribution in [0.3, 0.4) is 0 Å². The topological polar surface area (TPSA) is 82.1 Å². The van der Waals surface area contributed by atoms with Gasteiger partial charge < -0.3 is 19.3 Å². The first-order valence-corrected chi connectivity index (χ1v) is 15.4. The highest BCUT2D eigenvalue weighted by Crippen LogP contribution is 2.41. The Kier molecular flexibility index (Phi) is 11.1. The van der Waals surface area contributed by atoms with Crippen LogP contribution in [0.4, 0.5) is 0 Å². The van der Waals surface area contributed by atoms with E-state index in [-0.39, 0.29) is 19.6 Å². The number of methoxy groups -OCH3 is 1. The Hall–Kier alpha value is -5.04. The normalized spacial score (nSPS) is 12.6. The molecule has 5 aromatic rings. The highest BCUT2D eigenvalue weighted by molar-refractivity contribution is 5.91. The summed E-state index contributed by atoms with van der Waals surface area (Å²) < 4.78 is 17.7. The fourth-order valence-electron chi connectivity index (χ4n) is 5.71. The second-order valence-corrected chi connectivity index (χ2v) is 11.0. The molecule has 5 rings (SSSR count). The van der Waals surface area contributed by atoms with Gasteiger partial charge in [-0.2, -0.15) is 0 Å². The molecule has 0 aliphatic heterocycles. The van der Waals surface area contributed by atoms with Gasteiger partial charge in [0.25, 0.3) is 0 Å².